The van der Waals surface area contributed by atoms with E-state index in [-0.39, 0.29) is 5.82 Å². The maximum atomic E-state index is 12.8. The second kappa shape index (κ2) is 6.10. The predicted octanol–water partition coefficient (Wildman–Crippen LogP) is 1.73. The lowest BCUT2D eigenvalue weighted by atomic mass is 10.00. The summed E-state index contributed by atoms with van der Waals surface area (Å²) in [7, 11) is 1.97. The Morgan fingerprint density at radius 2 is 2.06 bits per heavy atom. The van der Waals surface area contributed by atoms with Crippen molar-refractivity contribution in [3.63, 3.8) is 0 Å². The largest absolute Gasteiger partial charge is 0.320 e. The van der Waals surface area contributed by atoms with E-state index in [1.165, 1.54) is 18.6 Å². The summed E-state index contributed by atoms with van der Waals surface area (Å²) in [5, 5.41) is 3.15. The van der Waals surface area contributed by atoms with E-state index in [1.54, 1.807) is 0 Å². The molecule has 2 rings (SSSR count). The number of hydrogen-bond acceptors (Lipinski definition) is 3. The van der Waals surface area contributed by atoms with E-state index in [4.69, 9.17) is 0 Å². The average Bonchev–Trinajstić information content (AvgIpc) is 2.79. The molecule has 0 spiro atoms. The van der Waals surface area contributed by atoms with Crippen LogP contribution in [-0.4, -0.2) is 19.6 Å². The topological polar surface area (TPSA) is 36.1 Å². The van der Waals surface area contributed by atoms with E-state index in [2.05, 4.69) is 16.2 Å². The molecule has 2 atom stereocenters. The van der Waals surface area contributed by atoms with Crippen molar-refractivity contribution in [3.8, 4) is 0 Å². The lowest BCUT2D eigenvalue weighted by Crippen LogP contribution is -2.31. The fourth-order valence-electron chi connectivity index (χ4n) is 2.25. The Kier molecular flexibility index (Phi) is 4.48. The van der Waals surface area contributed by atoms with Gasteiger partial charge in [-0.2, -0.15) is 0 Å². The van der Waals surface area contributed by atoms with Gasteiger partial charge in [0.05, 0.1) is 0 Å². The first-order valence-corrected chi connectivity index (χ1v) is 6.20. The Bertz CT molecular complexity index is 339. The number of benzene rings is 1. The molecule has 4 heteroatoms. The highest BCUT2D eigenvalue weighted by Gasteiger charge is 2.24. The number of nitrogens with one attached hydrogen (secondary N) is 3. The molecule has 1 aromatic rings. The predicted molar refractivity (Wildman–Crippen MR) is 67.0 cm³/mol. The molecular formula is C13H20FN3. The van der Waals surface area contributed by atoms with Gasteiger partial charge >= 0.3 is 0 Å². The fraction of sp³-hybridized carbons (Fsp3) is 0.538. The number of hydrazine groups is 1. The van der Waals surface area contributed by atoms with Crippen molar-refractivity contribution in [1.82, 2.24) is 16.2 Å². The zero-order valence-corrected chi connectivity index (χ0v) is 10.2. The first-order chi connectivity index (χ1) is 8.29. The first kappa shape index (κ1) is 12.5. The number of rotatable bonds is 5. The normalized spacial score (nSPS) is 24.1. The van der Waals surface area contributed by atoms with Crippen LogP contribution in [0.5, 0.6) is 0 Å². The quantitative estimate of drug-likeness (QED) is 0.683. The van der Waals surface area contributed by atoms with E-state index in [0.29, 0.717) is 12.1 Å². The van der Waals surface area contributed by atoms with Gasteiger partial charge in [0.15, 0.2) is 0 Å². The van der Waals surface area contributed by atoms with Gasteiger partial charge in [-0.05, 0) is 50.6 Å². The molecule has 1 fully saturated rings. The molecule has 94 valence electrons. The Morgan fingerprint density at radius 1 is 1.29 bits per heavy atom. The van der Waals surface area contributed by atoms with Crippen molar-refractivity contribution in [2.75, 3.05) is 13.6 Å². The highest BCUT2D eigenvalue weighted by molar-refractivity contribution is 5.20. The maximum Gasteiger partial charge on any atom is 0.123 e. The van der Waals surface area contributed by atoms with Gasteiger partial charge in [0.1, 0.15) is 5.82 Å². The van der Waals surface area contributed by atoms with Crippen LogP contribution in [0.15, 0.2) is 24.3 Å². The third-order valence-corrected chi connectivity index (χ3v) is 3.23. The molecule has 0 amide bonds. The smallest absolute Gasteiger partial charge is 0.123 e. The van der Waals surface area contributed by atoms with Crippen molar-refractivity contribution >= 4 is 0 Å². The van der Waals surface area contributed by atoms with E-state index in [0.717, 1.165) is 24.9 Å². The van der Waals surface area contributed by atoms with Gasteiger partial charge < -0.3 is 5.32 Å². The Balaban J connectivity index is 1.83. The van der Waals surface area contributed by atoms with Crippen molar-refractivity contribution in [2.24, 2.45) is 0 Å². The zero-order valence-electron chi connectivity index (χ0n) is 10.2. The molecule has 1 saturated heterocycles. The van der Waals surface area contributed by atoms with Gasteiger partial charge in [0.2, 0.25) is 0 Å². The molecule has 0 radical (unpaired) electrons. The number of halogens is 1. The highest BCUT2D eigenvalue weighted by Crippen LogP contribution is 2.23. The summed E-state index contributed by atoms with van der Waals surface area (Å²) in [6.45, 7) is 1.05. The van der Waals surface area contributed by atoms with Crippen LogP contribution < -0.4 is 16.2 Å². The van der Waals surface area contributed by atoms with E-state index < -0.39 is 0 Å². The van der Waals surface area contributed by atoms with Crippen LogP contribution in [0.3, 0.4) is 0 Å². The lowest BCUT2D eigenvalue weighted by Gasteiger charge is -2.09. The molecule has 0 aromatic heterocycles. The van der Waals surface area contributed by atoms with Gasteiger partial charge in [-0.3, -0.25) is 10.9 Å². The molecule has 1 heterocycles. The summed E-state index contributed by atoms with van der Waals surface area (Å²) in [6, 6.07) is 7.56. The third-order valence-electron chi connectivity index (χ3n) is 3.23. The van der Waals surface area contributed by atoms with Crippen molar-refractivity contribution < 1.29 is 4.39 Å². The van der Waals surface area contributed by atoms with Gasteiger partial charge in [-0.25, -0.2) is 4.39 Å². The molecule has 1 aliphatic heterocycles. The Hall–Kier alpha value is -0.970. The summed E-state index contributed by atoms with van der Waals surface area (Å²) in [4.78, 5) is 0. The minimum Gasteiger partial charge on any atom is -0.320 e. The Labute approximate surface area is 102 Å². The molecule has 0 saturated carbocycles. The molecule has 3 nitrogen and oxygen atoms in total. The monoisotopic (exact) mass is 237 g/mol. The van der Waals surface area contributed by atoms with Gasteiger partial charge in [-0.1, -0.05) is 12.1 Å². The van der Waals surface area contributed by atoms with Crippen LogP contribution in [0.1, 0.15) is 30.9 Å². The fourth-order valence-corrected chi connectivity index (χ4v) is 2.25. The second-order valence-electron chi connectivity index (χ2n) is 4.57. The van der Waals surface area contributed by atoms with Crippen LogP contribution >= 0.6 is 0 Å². The second-order valence-corrected chi connectivity index (χ2v) is 4.57. The summed E-state index contributed by atoms with van der Waals surface area (Å²) < 4.78 is 12.8. The van der Waals surface area contributed by atoms with E-state index >= 15 is 0 Å². The SMILES string of the molecule is CNCCCC1CC(c2ccc(F)cc2)NN1. The molecule has 0 aliphatic carbocycles. The molecule has 2 unspecified atom stereocenters. The minimum absolute atomic E-state index is 0.176. The zero-order chi connectivity index (χ0) is 12.1. The van der Waals surface area contributed by atoms with Crippen molar-refractivity contribution in [1.29, 1.82) is 0 Å². The van der Waals surface area contributed by atoms with Gasteiger partial charge in [0, 0.05) is 12.1 Å². The molecule has 3 N–H and O–H groups in total. The highest BCUT2D eigenvalue weighted by atomic mass is 19.1. The van der Waals surface area contributed by atoms with Gasteiger partial charge in [0.25, 0.3) is 0 Å². The summed E-state index contributed by atoms with van der Waals surface area (Å²) >= 11 is 0. The maximum absolute atomic E-state index is 12.8. The van der Waals surface area contributed by atoms with Crippen LogP contribution in [0.25, 0.3) is 0 Å². The summed E-state index contributed by atoms with van der Waals surface area (Å²) in [5.41, 5.74) is 7.73. The van der Waals surface area contributed by atoms with Gasteiger partial charge in [-0.15, -0.1) is 0 Å². The van der Waals surface area contributed by atoms with E-state index in [9.17, 15) is 4.39 Å². The van der Waals surface area contributed by atoms with Crippen LogP contribution in [0.2, 0.25) is 0 Å². The minimum atomic E-state index is -0.176. The average molecular weight is 237 g/mol. The standard InChI is InChI=1S/C13H20FN3/c1-15-8-2-3-12-9-13(17-16-12)10-4-6-11(14)7-5-10/h4-7,12-13,15-17H,2-3,8-9H2,1H3. The molecule has 1 aliphatic rings. The number of hydrogen-bond donors (Lipinski definition) is 3. The third kappa shape index (κ3) is 3.49. The van der Waals surface area contributed by atoms with Crippen molar-refractivity contribution in [2.45, 2.75) is 31.3 Å². The van der Waals surface area contributed by atoms with Crippen LogP contribution in [-0.2, 0) is 0 Å². The van der Waals surface area contributed by atoms with Crippen molar-refractivity contribution in [3.05, 3.63) is 35.6 Å². The molecular weight excluding hydrogens is 217 g/mol. The van der Waals surface area contributed by atoms with Crippen LogP contribution in [0.4, 0.5) is 4.39 Å². The summed E-state index contributed by atoms with van der Waals surface area (Å²) in [6.07, 6.45) is 3.40. The lowest BCUT2D eigenvalue weighted by molar-refractivity contribution is 0.497. The molecule has 0 bridgehead atoms. The molecule has 1 aromatic carbocycles. The van der Waals surface area contributed by atoms with Crippen LogP contribution in [0, 0.1) is 5.82 Å². The summed E-state index contributed by atoms with van der Waals surface area (Å²) in [5.74, 6) is -0.176. The Morgan fingerprint density at radius 3 is 2.76 bits per heavy atom. The first-order valence-electron chi connectivity index (χ1n) is 6.20. The van der Waals surface area contributed by atoms with E-state index in [1.807, 2.05) is 19.2 Å². The molecule has 17 heavy (non-hydrogen) atoms.